The van der Waals surface area contributed by atoms with Crippen LogP contribution in [0.4, 0.5) is 21.7 Å². The topological polar surface area (TPSA) is 41.1 Å². The molecule has 1 aromatic heterocycles. The standard InChI is InChI=1S/C13H15FN4/c1-3-16-12-8-15-9-13(17-12)18(2)11-6-4-10(14)5-7-11/h4-9H,3H2,1-2H3,(H,16,17). The van der Waals surface area contributed by atoms with E-state index in [9.17, 15) is 4.39 Å². The van der Waals surface area contributed by atoms with Gasteiger partial charge >= 0.3 is 0 Å². The monoisotopic (exact) mass is 246 g/mol. The van der Waals surface area contributed by atoms with Gasteiger partial charge in [0.15, 0.2) is 5.82 Å². The summed E-state index contributed by atoms with van der Waals surface area (Å²) in [6.07, 6.45) is 3.34. The summed E-state index contributed by atoms with van der Waals surface area (Å²) < 4.78 is 12.9. The molecule has 5 heteroatoms. The minimum Gasteiger partial charge on any atom is -0.369 e. The van der Waals surface area contributed by atoms with E-state index in [1.54, 1.807) is 24.5 Å². The second kappa shape index (κ2) is 5.44. The number of nitrogens with one attached hydrogen (secondary N) is 1. The Labute approximate surface area is 105 Å². The second-order valence-corrected chi connectivity index (χ2v) is 3.83. The molecule has 0 aliphatic carbocycles. The molecule has 0 saturated carbocycles. The fourth-order valence-electron chi connectivity index (χ4n) is 1.58. The van der Waals surface area contributed by atoms with E-state index in [4.69, 9.17) is 0 Å². The summed E-state index contributed by atoms with van der Waals surface area (Å²) in [5.74, 6) is 1.18. The lowest BCUT2D eigenvalue weighted by Crippen LogP contribution is -2.12. The Morgan fingerprint density at radius 1 is 1.22 bits per heavy atom. The Morgan fingerprint density at radius 3 is 2.61 bits per heavy atom. The van der Waals surface area contributed by atoms with E-state index < -0.39 is 0 Å². The molecule has 4 nitrogen and oxygen atoms in total. The smallest absolute Gasteiger partial charge is 0.153 e. The fraction of sp³-hybridized carbons (Fsp3) is 0.231. The average molecular weight is 246 g/mol. The lowest BCUT2D eigenvalue weighted by molar-refractivity contribution is 0.628. The predicted molar refractivity (Wildman–Crippen MR) is 70.7 cm³/mol. The fourth-order valence-corrected chi connectivity index (χ4v) is 1.58. The van der Waals surface area contributed by atoms with E-state index >= 15 is 0 Å². The molecule has 0 fully saturated rings. The van der Waals surface area contributed by atoms with Gasteiger partial charge in [0.05, 0.1) is 12.4 Å². The van der Waals surface area contributed by atoms with Crippen LogP contribution in [0, 0.1) is 5.82 Å². The van der Waals surface area contributed by atoms with Crippen LogP contribution in [0.25, 0.3) is 0 Å². The van der Waals surface area contributed by atoms with E-state index in [2.05, 4.69) is 15.3 Å². The van der Waals surface area contributed by atoms with Crippen LogP contribution in [0.5, 0.6) is 0 Å². The molecule has 0 saturated heterocycles. The molecule has 0 unspecified atom stereocenters. The van der Waals surface area contributed by atoms with Crippen molar-refractivity contribution in [1.29, 1.82) is 0 Å². The molecule has 0 amide bonds. The molecule has 94 valence electrons. The minimum atomic E-state index is -0.250. The van der Waals surface area contributed by atoms with Crippen molar-refractivity contribution in [3.05, 3.63) is 42.5 Å². The minimum absolute atomic E-state index is 0.250. The van der Waals surface area contributed by atoms with Gasteiger partial charge in [0.2, 0.25) is 0 Å². The maximum atomic E-state index is 12.9. The SMILES string of the molecule is CCNc1cncc(N(C)c2ccc(F)cc2)n1. The Balaban J connectivity index is 2.24. The Morgan fingerprint density at radius 2 is 1.94 bits per heavy atom. The number of rotatable bonds is 4. The van der Waals surface area contributed by atoms with Crippen molar-refractivity contribution in [1.82, 2.24) is 9.97 Å². The molecule has 18 heavy (non-hydrogen) atoms. The lowest BCUT2D eigenvalue weighted by atomic mass is 10.3. The first kappa shape index (κ1) is 12.3. The van der Waals surface area contributed by atoms with Crippen molar-refractivity contribution in [2.24, 2.45) is 0 Å². The number of hydrogen-bond acceptors (Lipinski definition) is 4. The van der Waals surface area contributed by atoms with Gasteiger partial charge in [-0.1, -0.05) is 0 Å². The van der Waals surface area contributed by atoms with Crippen LogP contribution in [-0.2, 0) is 0 Å². The number of hydrogen-bond donors (Lipinski definition) is 1. The highest BCUT2D eigenvalue weighted by molar-refractivity contribution is 5.59. The molecule has 2 aromatic rings. The third-order valence-corrected chi connectivity index (χ3v) is 2.54. The first-order chi connectivity index (χ1) is 8.70. The summed E-state index contributed by atoms with van der Waals surface area (Å²) in [6, 6.07) is 6.26. The van der Waals surface area contributed by atoms with Crippen LogP contribution in [-0.4, -0.2) is 23.6 Å². The van der Waals surface area contributed by atoms with Gasteiger partial charge in [0, 0.05) is 19.3 Å². The largest absolute Gasteiger partial charge is 0.369 e. The summed E-state index contributed by atoms with van der Waals surface area (Å²) >= 11 is 0. The molecule has 0 aliphatic rings. The van der Waals surface area contributed by atoms with Gasteiger partial charge in [0.1, 0.15) is 11.6 Å². The van der Waals surface area contributed by atoms with E-state index in [1.165, 1.54) is 12.1 Å². The van der Waals surface area contributed by atoms with Gasteiger partial charge in [-0.15, -0.1) is 0 Å². The zero-order valence-electron chi connectivity index (χ0n) is 10.4. The zero-order valence-corrected chi connectivity index (χ0v) is 10.4. The lowest BCUT2D eigenvalue weighted by Gasteiger charge is -2.18. The highest BCUT2D eigenvalue weighted by atomic mass is 19.1. The molecule has 0 spiro atoms. The van der Waals surface area contributed by atoms with Crippen LogP contribution in [0.2, 0.25) is 0 Å². The van der Waals surface area contributed by atoms with Crippen molar-refractivity contribution in [2.45, 2.75) is 6.92 Å². The number of halogens is 1. The van der Waals surface area contributed by atoms with Crippen molar-refractivity contribution in [3.63, 3.8) is 0 Å². The van der Waals surface area contributed by atoms with Crippen LogP contribution in [0.1, 0.15) is 6.92 Å². The van der Waals surface area contributed by atoms with Crippen molar-refractivity contribution >= 4 is 17.3 Å². The van der Waals surface area contributed by atoms with E-state index in [1.807, 2.05) is 18.9 Å². The van der Waals surface area contributed by atoms with Gasteiger partial charge in [-0.2, -0.15) is 0 Å². The summed E-state index contributed by atoms with van der Waals surface area (Å²) in [6.45, 7) is 2.79. The predicted octanol–water partition coefficient (Wildman–Crippen LogP) is 2.82. The third-order valence-electron chi connectivity index (χ3n) is 2.54. The quantitative estimate of drug-likeness (QED) is 0.900. The molecular weight excluding hydrogens is 231 g/mol. The van der Waals surface area contributed by atoms with E-state index in [0.29, 0.717) is 5.82 Å². The molecule has 1 N–H and O–H groups in total. The molecular formula is C13H15FN4. The molecule has 2 rings (SSSR count). The molecule has 0 bridgehead atoms. The number of benzene rings is 1. The van der Waals surface area contributed by atoms with Gasteiger partial charge in [-0.3, -0.25) is 4.98 Å². The molecule has 0 atom stereocenters. The molecule has 1 aromatic carbocycles. The van der Waals surface area contributed by atoms with Crippen LogP contribution in [0.3, 0.4) is 0 Å². The van der Waals surface area contributed by atoms with Gasteiger partial charge in [0.25, 0.3) is 0 Å². The normalized spacial score (nSPS) is 10.2. The Hall–Kier alpha value is -2.17. The first-order valence-corrected chi connectivity index (χ1v) is 5.76. The van der Waals surface area contributed by atoms with Gasteiger partial charge in [-0.25, -0.2) is 9.37 Å². The summed E-state index contributed by atoms with van der Waals surface area (Å²) in [7, 11) is 1.87. The number of nitrogens with zero attached hydrogens (tertiary/aromatic N) is 3. The van der Waals surface area contributed by atoms with Crippen molar-refractivity contribution in [3.8, 4) is 0 Å². The van der Waals surface area contributed by atoms with Crippen molar-refractivity contribution < 1.29 is 4.39 Å². The summed E-state index contributed by atoms with van der Waals surface area (Å²) in [5, 5.41) is 3.10. The van der Waals surface area contributed by atoms with Gasteiger partial charge in [-0.05, 0) is 31.2 Å². The number of aromatic nitrogens is 2. The third kappa shape index (κ3) is 2.74. The Bertz CT molecular complexity index is 513. The van der Waals surface area contributed by atoms with Gasteiger partial charge < -0.3 is 10.2 Å². The molecule has 1 heterocycles. The molecule has 0 radical (unpaired) electrons. The van der Waals surface area contributed by atoms with Crippen molar-refractivity contribution in [2.75, 3.05) is 23.8 Å². The molecule has 0 aliphatic heterocycles. The first-order valence-electron chi connectivity index (χ1n) is 5.76. The second-order valence-electron chi connectivity index (χ2n) is 3.83. The highest BCUT2D eigenvalue weighted by Gasteiger charge is 2.06. The summed E-state index contributed by atoms with van der Waals surface area (Å²) in [5.41, 5.74) is 0.861. The maximum Gasteiger partial charge on any atom is 0.153 e. The average Bonchev–Trinajstić information content (AvgIpc) is 2.39. The number of anilines is 3. The Kier molecular flexibility index (Phi) is 3.72. The van der Waals surface area contributed by atoms with Crippen LogP contribution in [0.15, 0.2) is 36.7 Å². The van der Waals surface area contributed by atoms with E-state index in [0.717, 1.165) is 18.1 Å². The highest BCUT2D eigenvalue weighted by Crippen LogP contribution is 2.21. The maximum absolute atomic E-state index is 12.9. The van der Waals surface area contributed by atoms with Crippen LogP contribution >= 0.6 is 0 Å². The van der Waals surface area contributed by atoms with Crippen LogP contribution < -0.4 is 10.2 Å². The zero-order chi connectivity index (χ0) is 13.0. The summed E-state index contributed by atoms with van der Waals surface area (Å²) in [4.78, 5) is 10.4. The van der Waals surface area contributed by atoms with E-state index in [-0.39, 0.29) is 5.82 Å².